The van der Waals surface area contributed by atoms with Crippen molar-refractivity contribution < 1.29 is 21.1 Å². The molecule has 0 saturated carbocycles. The van der Waals surface area contributed by atoms with Crippen molar-refractivity contribution in [3.63, 3.8) is 0 Å². The molecule has 2 unspecified atom stereocenters. The first-order valence-electron chi connectivity index (χ1n) is 5.72. The van der Waals surface area contributed by atoms with E-state index in [1.165, 1.54) is 19.5 Å². The van der Waals surface area contributed by atoms with Gasteiger partial charge in [0.05, 0.1) is 0 Å². The standard InChI is InChI=1S/C9H19N.C3H7N.CH4.W/c1-6-9(5)10(7-2)8(3)4;1-2-4-3-1;;/h6,8-9H,3,7H2,1-2,4-5H3;4H,1-3H2;1H4;/q-2;;;+2. The summed E-state index contributed by atoms with van der Waals surface area (Å²) in [6, 6.07) is 0.966. The second-order valence-electron chi connectivity index (χ2n) is 3.86. The topological polar surface area (TPSA) is 15.3 Å². The van der Waals surface area contributed by atoms with Gasteiger partial charge in [0.1, 0.15) is 0 Å². The molecule has 98 valence electrons. The van der Waals surface area contributed by atoms with Crippen molar-refractivity contribution >= 4 is 0 Å². The van der Waals surface area contributed by atoms with E-state index in [2.05, 4.69) is 51.3 Å². The van der Waals surface area contributed by atoms with Gasteiger partial charge in [-0.25, -0.2) is 0 Å². The van der Waals surface area contributed by atoms with Gasteiger partial charge in [-0.15, -0.1) is 12.1 Å². The molecule has 0 radical (unpaired) electrons. The zero-order valence-corrected chi connectivity index (χ0v) is 13.6. The normalized spacial score (nSPS) is 16.9. The summed E-state index contributed by atoms with van der Waals surface area (Å²) >= 11 is 0. The van der Waals surface area contributed by atoms with Gasteiger partial charge in [-0.1, -0.05) is 28.2 Å². The first-order chi connectivity index (χ1) is 6.63. The maximum atomic E-state index is 3.98. The molecule has 0 amide bonds. The van der Waals surface area contributed by atoms with Crippen LogP contribution in [0.25, 0.3) is 0 Å². The van der Waals surface area contributed by atoms with Crippen molar-refractivity contribution in [2.45, 2.75) is 53.6 Å². The molecule has 0 spiro atoms. The molecule has 0 aliphatic carbocycles. The van der Waals surface area contributed by atoms with Gasteiger partial charge >= 0.3 is 21.1 Å². The van der Waals surface area contributed by atoms with Gasteiger partial charge in [0, 0.05) is 0 Å². The fourth-order valence-electron chi connectivity index (χ4n) is 1.37. The SMILES string of the molecule is C.C1CNC1.[CH2-]C(C)N(CC)C(C)[CH-]C.[W+2]. The number of hydrogen-bond acceptors (Lipinski definition) is 2. The zero-order valence-electron chi connectivity index (χ0n) is 10.6. The number of nitrogens with zero attached hydrogens (tertiary/aromatic N) is 1. The second kappa shape index (κ2) is 13.7. The Kier molecular flexibility index (Phi) is 18.7. The van der Waals surface area contributed by atoms with Crippen LogP contribution in [0.3, 0.4) is 0 Å². The van der Waals surface area contributed by atoms with Gasteiger partial charge in [-0.3, -0.25) is 0 Å². The Bertz CT molecular complexity index is 121. The Morgan fingerprint density at radius 1 is 1.38 bits per heavy atom. The molecule has 0 aromatic carbocycles. The third-order valence-corrected chi connectivity index (χ3v) is 2.64. The van der Waals surface area contributed by atoms with E-state index in [4.69, 9.17) is 0 Å². The molecule has 1 rings (SSSR count). The van der Waals surface area contributed by atoms with Crippen LogP contribution in [0.1, 0.15) is 41.5 Å². The minimum atomic E-state index is 0. The van der Waals surface area contributed by atoms with E-state index in [0.717, 1.165) is 6.54 Å². The number of nitrogens with one attached hydrogen (secondary N) is 1. The number of rotatable bonds is 4. The Labute approximate surface area is 118 Å². The summed E-state index contributed by atoms with van der Waals surface area (Å²) in [5.74, 6) is 0. The van der Waals surface area contributed by atoms with Gasteiger partial charge in [0.25, 0.3) is 0 Å². The Morgan fingerprint density at radius 2 is 1.75 bits per heavy atom. The first kappa shape index (κ1) is 21.8. The summed E-state index contributed by atoms with van der Waals surface area (Å²) in [7, 11) is 0. The molecule has 1 heterocycles. The Balaban J connectivity index is -0.000000238. The Morgan fingerprint density at radius 3 is 1.81 bits per heavy atom. The summed E-state index contributed by atoms with van der Waals surface area (Å²) in [5.41, 5.74) is 0. The minimum absolute atomic E-state index is 0. The van der Waals surface area contributed by atoms with Crippen LogP contribution >= 0.6 is 0 Å². The van der Waals surface area contributed by atoms with E-state index >= 15 is 0 Å². The molecular weight excluding hydrogens is 368 g/mol. The molecular formula is C13H30N2W. The van der Waals surface area contributed by atoms with Crippen molar-refractivity contribution in [2.75, 3.05) is 19.6 Å². The van der Waals surface area contributed by atoms with Gasteiger partial charge in [-0.05, 0) is 26.1 Å². The molecule has 0 bridgehead atoms. The van der Waals surface area contributed by atoms with Crippen molar-refractivity contribution in [1.82, 2.24) is 10.2 Å². The van der Waals surface area contributed by atoms with Crippen LogP contribution in [-0.4, -0.2) is 36.6 Å². The maximum Gasteiger partial charge on any atom is 2.00 e. The van der Waals surface area contributed by atoms with E-state index in [1.54, 1.807) is 0 Å². The van der Waals surface area contributed by atoms with E-state index in [-0.39, 0.29) is 28.5 Å². The van der Waals surface area contributed by atoms with Crippen LogP contribution in [0.15, 0.2) is 0 Å². The molecule has 1 aliphatic rings. The van der Waals surface area contributed by atoms with E-state index < -0.39 is 0 Å². The van der Waals surface area contributed by atoms with E-state index in [9.17, 15) is 0 Å². The van der Waals surface area contributed by atoms with E-state index in [0.29, 0.717) is 12.1 Å². The van der Waals surface area contributed by atoms with Crippen LogP contribution in [0.4, 0.5) is 0 Å². The van der Waals surface area contributed by atoms with E-state index in [1.807, 2.05) is 0 Å². The molecule has 2 nitrogen and oxygen atoms in total. The second-order valence-corrected chi connectivity index (χ2v) is 3.86. The van der Waals surface area contributed by atoms with Crippen molar-refractivity contribution in [2.24, 2.45) is 0 Å². The fourth-order valence-corrected chi connectivity index (χ4v) is 1.37. The average molecular weight is 398 g/mol. The minimum Gasteiger partial charge on any atom is -0.357 e. The molecule has 3 heteroatoms. The maximum absolute atomic E-state index is 3.98. The van der Waals surface area contributed by atoms with Crippen molar-refractivity contribution in [1.29, 1.82) is 0 Å². The van der Waals surface area contributed by atoms with Crippen LogP contribution < -0.4 is 5.32 Å². The molecule has 1 N–H and O–H groups in total. The largest absolute Gasteiger partial charge is 2.00 e. The van der Waals surface area contributed by atoms with Crippen LogP contribution in [-0.2, 0) is 21.1 Å². The van der Waals surface area contributed by atoms with Gasteiger partial charge in [-0.2, -0.15) is 6.92 Å². The summed E-state index contributed by atoms with van der Waals surface area (Å²) in [4.78, 5) is 2.35. The smallest absolute Gasteiger partial charge is 0.357 e. The average Bonchev–Trinajstić information content (AvgIpc) is 2.01. The monoisotopic (exact) mass is 398 g/mol. The molecule has 1 fully saturated rings. The van der Waals surface area contributed by atoms with Crippen LogP contribution in [0.2, 0.25) is 0 Å². The quantitative estimate of drug-likeness (QED) is 0.733. The number of hydrogen-bond donors (Lipinski definition) is 1. The predicted molar refractivity (Wildman–Crippen MR) is 70.9 cm³/mol. The first-order valence-corrected chi connectivity index (χ1v) is 5.72. The predicted octanol–water partition coefficient (Wildman–Crippen LogP) is 2.76. The molecule has 1 saturated heterocycles. The third-order valence-electron chi connectivity index (χ3n) is 2.64. The molecule has 2 atom stereocenters. The van der Waals surface area contributed by atoms with Gasteiger partial charge in [0.2, 0.25) is 0 Å². The molecule has 0 aromatic rings. The van der Waals surface area contributed by atoms with Crippen LogP contribution in [0.5, 0.6) is 0 Å². The summed E-state index contributed by atoms with van der Waals surface area (Å²) < 4.78 is 0. The molecule has 16 heavy (non-hydrogen) atoms. The molecule has 0 aromatic heterocycles. The van der Waals surface area contributed by atoms with Gasteiger partial charge in [0.15, 0.2) is 0 Å². The summed E-state index contributed by atoms with van der Waals surface area (Å²) in [6.45, 7) is 16.2. The Hall–Kier alpha value is 0.608. The van der Waals surface area contributed by atoms with Crippen molar-refractivity contribution in [3.8, 4) is 0 Å². The summed E-state index contributed by atoms with van der Waals surface area (Å²) in [6.07, 6.45) is 3.59. The molecule has 1 aliphatic heterocycles. The fraction of sp³-hybridized carbons (Fsp3) is 0.846. The summed E-state index contributed by atoms with van der Waals surface area (Å²) in [5, 5.41) is 3.11. The van der Waals surface area contributed by atoms with Gasteiger partial charge < -0.3 is 23.6 Å². The zero-order chi connectivity index (χ0) is 11.0. The van der Waals surface area contributed by atoms with Crippen molar-refractivity contribution in [3.05, 3.63) is 13.3 Å². The third kappa shape index (κ3) is 9.81. The van der Waals surface area contributed by atoms with Crippen LogP contribution in [0, 0.1) is 13.3 Å².